The maximum Gasteiger partial charge on any atom is 0.220 e. The third kappa shape index (κ3) is 36.6. The number of hydrogen-bond donors (Lipinski definition) is 9. The van der Waals surface area contributed by atoms with E-state index in [2.05, 4.69) is 92.1 Å². The Hall–Kier alpha value is -2.83. The van der Waals surface area contributed by atoms with Gasteiger partial charge in [-0.3, -0.25) is 4.79 Å². The zero-order valence-electron chi connectivity index (χ0n) is 50.5. The van der Waals surface area contributed by atoms with Gasteiger partial charge in [-0.1, -0.05) is 234 Å². The van der Waals surface area contributed by atoms with Crippen LogP contribution in [-0.2, 0) is 23.7 Å². The van der Waals surface area contributed by atoms with Crippen molar-refractivity contribution in [1.29, 1.82) is 0 Å². The Kier molecular flexibility index (Phi) is 47.3. The lowest BCUT2D eigenvalue weighted by Crippen LogP contribution is -2.65. The molecule has 14 heteroatoms. The van der Waals surface area contributed by atoms with Crippen LogP contribution in [0.5, 0.6) is 0 Å². The molecule has 0 spiro atoms. The monoisotopic (exact) mass is 1140 g/mol. The number of nitrogens with one attached hydrogen (secondary N) is 1. The van der Waals surface area contributed by atoms with Gasteiger partial charge in [0.05, 0.1) is 32.0 Å². The van der Waals surface area contributed by atoms with Gasteiger partial charge in [-0.2, -0.15) is 0 Å². The molecule has 0 saturated carbocycles. The van der Waals surface area contributed by atoms with Crippen LogP contribution < -0.4 is 5.32 Å². The number of ether oxygens (including phenoxy) is 4. The van der Waals surface area contributed by atoms with Crippen LogP contribution in [0.3, 0.4) is 0 Å². The van der Waals surface area contributed by atoms with E-state index < -0.39 is 86.8 Å². The lowest BCUT2D eigenvalue weighted by molar-refractivity contribution is -0.359. The molecular formula is C67H117NO13. The normalized spacial score (nSPS) is 24.7. The molecule has 0 bridgehead atoms. The largest absolute Gasteiger partial charge is 0.394 e. The summed E-state index contributed by atoms with van der Waals surface area (Å²) in [6, 6.07) is -0.940. The average Bonchev–Trinajstić information content (AvgIpc) is 3.47. The molecule has 0 aromatic heterocycles. The molecule has 14 nitrogen and oxygen atoms in total. The van der Waals surface area contributed by atoms with Gasteiger partial charge < -0.3 is 65.1 Å². The van der Waals surface area contributed by atoms with Gasteiger partial charge in [0.15, 0.2) is 12.6 Å². The van der Waals surface area contributed by atoms with Crippen molar-refractivity contribution < 1.29 is 64.6 Å². The lowest BCUT2D eigenvalue weighted by Gasteiger charge is -2.46. The molecule has 0 radical (unpaired) electrons. The fourth-order valence-electron chi connectivity index (χ4n) is 10.1. The van der Waals surface area contributed by atoms with Crippen LogP contribution in [0.4, 0.5) is 0 Å². The van der Waals surface area contributed by atoms with E-state index in [4.69, 9.17) is 18.9 Å². The average molecular weight is 1140 g/mol. The van der Waals surface area contributed by atoms with Crippen molar-refractivity contribution in [3.05, 3.63) is 85.1 Å². The second kappa shape index (κ2) is 51.6. The number of hydrogen-bond acceptors (Lipinski definition) is 13. The third-order valence-corrected chi connectivity index (χ3v) is 15.3. The van der Waals surface area contributed by atoms with Crippen molar-refractivity contribution in [3.8, 4) is 0 Å². The van der Waals surface area contributed by atoms with Gasteiger partial charge in [0.1, 0.15) is 48.8 Å². The standard InChI is InChI=1S/C67H117NO13/c1-3-5-7-9-11-13-15-17-19-20-21-22-23-24-25-26-27-28-29-30-31-32-33-34-35-36-37-39-41-43-45-47-49-51-59(72)68-55(56(71)50-48-46-44-42-40-38-18-16-14-12-10-8-6-4-2)54-78-66-64(77)62(75)65(58(53-70)80-66)81-67-63(76)61(74)60(73)57(52-69)79-67/h5,7,11,13-14,16-17,19,21-22,40,42,48,50,55-58,60-67,69-71,73-77H,3-4,6,8-10,12,15,18,20,23-39,41,43-47,49,51-54H2,1-2H3,(H,68,72)/b7-5-,13-11-,16-14+,19-17-,22-21-,42-40+,50-48+. The van der Waals surface area contributed by atoms with Crippen molar-refractivity contribution in [3.63, 3.8) is 0 Å². The number of rotatable bonds is 51. The van der Waals surface area contributed by atoms with Gasteiger partial charge in [0, 0.05) is 6.42 Å². The van der Waals surface area contributed by atoms with E-state index in [1.165, 1.54) is 135 Å². The summed E-state index contributed by atoms with van der Waals surface area (Å²) in [4.78, 5) is 13.3. The van der Waals surface area contributed by atoms with Crippen molar-refractivity contribution >= 4 is 5.91 Å². The summed E-state index contributed by atoms with van der Waals surface area (Å²) in [6.07, 6.45) is 53.6. The minimum absolute atomic E-state index is 0.254. The first kappa shape index (κ1) is 74.3. The predicted octanol–water partition coefficient (Wildman–Crippen LogP) is 12.1. The summed E-state index contributed by atoms with van der Waals surface area (Å²) in [7, 11) is 0. The number of aliphatic hydroxyl groups is 8. The number of allylic oxidation sites excluding steroid dienone is 13. The summed E-state index contributed by atoms with van der Waals surface area (Å²) in [5.41, 5.74) is 0. The van der Waals surface area contributed by atoms with Gasteiger partial charge in [-0.05, 0) is 83.5 Å². The molecule has 0 aromatic carbocycles. The number of unbranched alkanes of at least 4 members (excludes halogenated alkanes) is 26. The van der Waals surface area contributed by atoms with Crippen molar-refractivity contribution in [2.75, 3.05) is 19.8 Å². The summed E-state index contributed by atoms with van der Waals surface area (Å²) < 4.78 is 22.8. The van der Waals surface area contributed by atoms with Crippen LogP contribution in [0.25, 0.3) is 0 Å². The topological polar surface area (TPSA) is 228 Å². The van der Waals surface area contributed by atoms with Gasteiger partial charge in [-0.15, -0.1) is 0 Å². The molecule has 0 aromatic rings. The molecule has 81 heavy (non-hydrogen) atoms. The molecule has 9 N–H and O–H groups in total. The SMILES string of the molecule is CC/C=C\C/C=C\C/C=C\C/C=C\CCCCCCCCCCCCCCCCCCCCCCC(=O)NC(COC1OC(CO)C(OC2OC(CO)C(O)C(O)C2O)C(O)C1O)C(O)/C=C/CC/C=C/CC/C=C/CCCCCC. The van der Waals surface area contributed by atoms with E-state index in [0.717, 1.165) is 70.6 Å². The van der Waals surface area contributed by atoms with Crippen molar-refractivity contribution in [2.24, 2.45) is 0 Å². The quantitative estimate of drug-likeness (QED) is 0.0204. The molecule has 12 atom stereocenters. The van der Waals surface area contributed by atoms with Crippen LogP contribution in [-0.4, -0.2) is 140 Å². The molecule has 2 aliphatic heterocycles. The highest BCUT2D eigenvalue weighted by Gasteiger charge is 2.51. The van der Waals surface area contributed by atoms with Crippen LogP contribution in [0, 0.1) is 0 Å². The molecule has 0 aliphatic carbocycles. The zero-order chi connectivity index (χ0) is 58.8. The second-order valence-electron chi connectivity index (χ2n) is 22.5. The number of carbonyl (C=O) groups is 1. The minimum Gasteiger partial charge on any atom is -0.394 e. The second-order valence-corrected chi connectivity index (χ2v) is 22.5. The first-order chi connectivity index (χ1) is 39.6. The Morgan fingerprint density at radius 1 is 0.457 bits per heavy atom. The molecule has 2 heterocycles. The molecule has 1 amide bonds. The highest BCUT2D eigenvalue weighted by Crippen LogP contribution is 2.30. The molecule has 2 saturated heterocycles. The van der Waals surface area contributed by atoms with E-state index in [1.807, 2.05) is 6.08 Å². The van der Waals surface area contributed by atoms with Crippen LogP contribution >= 0.6 is 0 Å². The first-order valence-electron chi connectivity index (χ1n) is 32.3. The summed E-state index contributed by atoms with van der Waals surface area (Å²) >= 11 is 0. The van der Waals surface area contributed by atoms with Gasteiger partial charge >= 0.3 is 0 Å². The summed E-state index contributed by atoms with van der Waals surface area (Å²) in [5.74, 6) is -0.254. The number of carbonyl (C=O) groups excluding carboxylic acids is 1. The predicted molar refractivity (Wildman–Crippen MR) is 327 cm³/mol. The van der Waals surface area contributed by atoms with E-state index in [-0.39, 0.29) is 18.9 Å². The van der Waals surface area contributed by atoms with Gasteiger partial charge in [0.2, 0.25) is 5.91 Å². The van der Waals surface area contributed by atoms with Crippen molar-refractivity contribution in [2.45, 2.75) is 312 Å². The highest BCUT2D eigenvalue weighted by molar-refractivity contribution is 5.76. The molecular weight excluding hydrogens is 1030 g/mol. The van der Waals surface area contributed by atoms with Crippen LogP contribution in [0.2, 0.25) is 0 Å². The van der Waals surface area contributed by atoms with Gasteiger partial charge in [-0.25, -0.2) is 0 Å². The van der Waals surface area contributed by atoms with Crippen LogP contribution in [0.1, 0.15) is 239 Å². The Balaban J connectivity index is 1.64. The van der Waals surface area contributed by atoms with Gasteiger partial charge in [0.25, 0.3) is 0 Å². The summed E-state index contributed by atoms with van der Waals surface area (Å²) in [5, 5.41) is 87.1. The maximum absolute atomic E-state index is 13.3. The fraction of sp³-hybridized carbons (Fsp3) is 0.776. The molecule has 2 rings (SSSR count). The van der Waals surface area contributed by atoms with Crippen molar-refractivity contribution in [1.82, 2.24) is 5.32 Å². The fourth-order valence-corrected chi connectivity index (χ4v) is 10.1. The third-order valence-electron chi connectivity index (χ3n) is 15.3. The molecule has 468 valence electrons. The lowest BCUT2D eigenvalue weighted by atomic mass is 9.97. The van der Waals surface area contributed by atoms with E-state index in [9.17, 15) is 45.6 Å². The number of aliphatic hydroxyl groups excluding tert-OH is 8. The van der Waals surface area contributed by atoms with E-state index in [1.54, 1.807) is 6.08 Å². The van der Waals surface area contributed by atoms with Crippen LogP contribution in [0.15, 0.2) is 85.1 Å². The Morgan fingerprint density at radius 3 is 1.36 bits per heavy atom. The smallest absolute Gasteiger partial charge is 0.220 e. The maximum atomic E-state index is 13.3. The molecule has 2 fully saturated rings. The molecule has 2 aliphatic rings. The molecule has 12 unspecified atom stereocenters. The van der Waals surface area contributed by atoms with E-state index in [0.29, 0.717) is 12.8 Å². The minimum atomic E-state index is -1.79. The highest BCUT2D eigenvalue weighted by atomic mass is 16.7. The Bertz CT molecular complexity index is 1680. The Labute approximate surface area is 491 Å². The zero-order valence-corrected chi connectivity index (χ0v) is 50.5. The summed E-state index contributed by atoms with van der Waals surface area (Å²) in [6.45, 7) is 2.64. The Morgan fingerprint density at radius 2 is 0.864 bits per heavy atom. The first-order valence-corrected chi connectivity index (χ1v) is 32.3. The van der Waals surface area contributed by atoms with E-state index >= 15 is 0 Å². The number of amides is 1.